The number of hydrogen-bond donors (Lipinski definition) is 1. The van der Waals surface area contributed by atoms with Crippen LogP contribution in [0.25, 0.3) is 0 Å². The second kappa shape index (κ2) is 3.93. The van der Waals surface area contributed by atoms with Crippen molar-refractivity contribution in [1.82, 2.24) is 10.2 Å². The Morgan fingerprint density at radius 3 is 2.55 bits per heavy atom. The number of halogens is 1. The van der Waals surface area contributed by atoms with Gasteiger partial charge >= 0.3 is 0 Å². The molecule has 1 amide bonds. The van der Waals surface area contributed by atoms with Crippen LogP contribution >= 0.6 is 11.6 Å². The Balaban J connectivity index is 2.39. The average Bonchev–Trinajstić information content (AvgIpc) is 2.05. The minimum absolute atomic E-state index is 0.0492. The molecule has 0 aliphatic carbocycles. The van der Waals surface area contributed by atoms with Crippen molar-refractivity contribution < 1.29 is 4.79 Å². The second-order valence-electron chi connectivity index (χ2n) is 2.69. The third kappa shape index (κ3) is 2.34. The van der Waals surface area contributed by atoms with Gasteiger partial charge in [0.05, 0.1) is 0 Å². The molecular formula is C7H13ClN2O. The zero-order valence-corrected chi connectivity index (χ0v) is 7.40. The Hall–Kier alpha value is -0.280. The van der Waals surface area contributed by atoms with E-state index >= 15 is 0 Å². The van der Waals surface area contributed by atoms with E-state index in [0.717, 1.165) is 26.2 Å². The van der Waals surface area contributed by atoms with E-state index in [0.29, 0.717) is 0 Å². The van der Waals surface area contributed by atoms with Crippen LogP contribution in [0.2, 0.25) is 0 Å². The molecule has 1 aliphatic rings. The Morgan fingerprint density at radius 1 is 1.55 bits per heavy atom. The van der Waals surface area contributed by atoms with Crippen LogP contribution in [0.4, 0.5) is 0 Å². The van der Waals surface area contributed by atoms with Crippen molar-refractivity contribution >= 4 is 17.5 Å². The summed E-state index contributed by atoms with van der Waals surface area (Å²) in [6, 6.07) is 0. The first kappa shape index (κ1) is 8.81. The fourth-order valence-electron chi connectivity index (χ4n) is 1.14. The third-order valence-electron chi connectivity index (χ3n) is 1.77. The Kier molecular flexibility index (Phi) is 3.15. The molecule has 1 saturated heterocycles. The highest BCUT2D eigenvalue weighted by atomic mass is 35.5. The second-order valence-corrected chi connectivity index (χ2v) is 3.35. The topological polar surface area (TPSA) is 32.3 Å². The lowest BCUT2D eigenvalue weighted by molar-refractivity contribution is -0.131. The molecule has 1 heterocycles. The van der Waals surface area contributed by atoms with Crippen molar-refractivity contribution in [1.29, 1.82) is 0 Å². The number of nitrogens with one attached hydrogen (secondary N) is 1. The van der Waals surface area contributed by atoms with Crippen molar-refractivity contribution in [2.45, 2.75) is 12.3 Å². The largest absolute Gasteiger partial charge is 0.339 e. The summed E-state index contributed by atoms with van der Waals surface area (Å²) in [5.74, 6) is 0.0492. The lowest BCUT2D eigenvalue weighted by Crippen LogP contribution is -2.48. The number of alkyl halides is 1. The van der Waals surface area contributed by atoms with Gasteiger partial charge in [0.25, 0.3) is 0 Å². The first-order valence-corrected chi connectivity index (χ1v) is 4.29. The molecule has 3 nitrogen and oxygen atoms in total. The standard InChI is InChI=1S/C7H13ClN2O/c1-6(8)7(11)10-4-2-9-3-5-10/h6,9H,2-5H2,1H3. The summed E-state index contributed by atoms with van der Waals surface area (Å²) >= 11 is 5.65. The normalized spacial score (nSPS) is 21.5. The molecule has 0 saturated carbocycles. The maximum Gasteiger partial charge on any atom is 0.240 e. The summed E-state index contributed by atoms with van der Waals surface area (Å²) in [6.07, 6.45) is 0. The number of piperazine rings is 1. The zero-order chi connectivity index (χ0) is 8.27. The first-order chi connectivity index (χ1) is 5.22. The van der Waals surface area contributed by atoms with E-state index in [-0.39, 0.29) is 11.3 Å². The van der Waals surface area contributed by atoms with E-state index in [2.05, 4.69) is 5.32 Å². The van der Waals surface area contributed by atoms with Gasteiger partial charge in [-0.2, -0.15) is 0 Å². The van der Waals surface area contributed by atoms with Crippen LogP contribution in [0, 0.1) is 0 Å². The fraction of sp³-hybridized carbons (Fsp3) is 0.857. The van der Waals surface area contributed by atoms with E-state index in [1.807, 2.05) is 0 Å². The lowest BCUT2D eigenvalue weighted by Gasteiger charge is -2.28. The SMILES string of the molecule is CC(Cl)C(=O)N1CCNCC1. The summed E-state index contributed by atoms with van der Waals surface area (Å²) in [5.41, 5.74) is 0. The molecule has 1 aliphatic heterocycles. The number of carbonyl (C=O) groups is 1. The summed E-state index contributed by atoms with van der Waals surface area (Å²) < 4.78 is 0. The van der Waals surface area contributed by atoms with Gasteiger partial charge in [0.1, 0.15) is 5.38 Å². The number of hydrogen-bond acceptors (Lipinski definition) is 2. The molecule has 1 N–H and O–H groups in total. The van der Waals surface area contributed by atoms with Crippen LogP contribution < -0.4 is 5.32 Å². The summed E-state index contributed by atoms with van der Waals surface area (Å²) in [6.45, 7) is 5.06. The van der Waals surface area contributed by atoms with E-state index < -0.39 is 0 Å². The Labute approximate surface area is 71.7 Å². The number of nitrogens with zero attached hydrogens (tertiary/aromatic N) is 1. The quantitative estimate of drug-likeness (QED) is 0.573. The molecule has 0 bridgehead atoms. The van der Waals surface area contributed by atoms with E-state index in [1.165, 1.54) is 0 Å². The van der Waals surface area contributed by atoms with Crippen LogP contribution in [-0.2, 0) is 4.79 Å². The number of rotatable bonds is 1. The molecular weight excluding hydrogens is 164 g/mol. The summed E-state index contributed by atoms with van der Waals surface area (Å²) in [7, 11) is 0. The van der Waals surface area contributed by atoms with Crippen molar-refractivity contribution in [3.8, 4) is 0 Å². The lowest BCUT2D eigenvalue weighted by atomic mass is 10.3. The van der Waals surface area contributed by atoms with Crippen molar-refractivity contribution in [3.05, 3.63) is 0 Å². The zero-order valence-electron chi connectivity index (χ0n) is 6.64. The van der Waals surface area contributed by atoms with Gasteiger partial charge in [0.2, 0.25) is 5.91 Å². The van der Waals surface area contributed by atoms with Gasteiger partial charge in [-0.3, -0.25) is 4.79 Å². The van der Waals surface area contributed by atoms with Gasteiger partial charge in [0.15, 0.2) is 0 Å². The molecule has 1 unspecified atom stereocenters. The van der Waals surface area contributed by atoms with Gasteiger partial charge in [0, 0.05) is 26.2 Å². The highest BCUT2D eigenvalue weighted by Gasteiger charge is 2.19. The Bertz CT molecular complexity index is 143. The predicted octanol–water partition coefficient (Wildman–Crippen LogP) is 0.0455. The summed E-state index contributed by atoms with van der Waals surface area (Å²) in [4.78, 5) is 13.1. The van der Waals surface area contributed by atoms with Crippen LogP contribution in [0.1, 0.15) is 6.92 Å². The minimum Gasteiger partial charge on any atom is -0.339 e. The van der Waals surface area contributed by atoms with Crippen molar-refractivity contribution in [3.63, 3.8) is 0 Å². The van der Waals surface area contributed by atoms with Gasteiger partial charge in [-0.15, -0.1) is 11.6 Å². The summed E-state index contributed by atoms with van der Waals surface area (Å²) in [5, 5.41) is 2.79. The number of carbonyl (C=O) groups excluding carboxylic acids is 1. The van der Waals surface area contributed by atoms with Gasteiger partial charge in [-0.05, 0) is 6.92 Å². The third-order valence-corrected chi connectivity index (χ3v) is 1.96. The highest BCUT2D eigenvalue weighted by molar-refractivity contribution is 6.30. The molecule has 0 aromatic heterocycles. The number of amides is 1. The highest BCUT2D eigenvalue weighted by Crippen LogP contribution is 2.02. The maximum absolute atomic E-state index is 11.3. The van der Waals surface area contributed by atoms with E-state index in [9.17, 15) is 4.79 Å². The van der Waals surface area contributed by atoms with Gasteiger partial charge in [-0.25, -0.2) is 0 Å². The molecule has 4 heteroatoms. The molecule has 64 valence electrons. The smallest absolute Gasteiger partial charge is 0.240 e. The molecule has 1 atom stereocenters. The molecule has 0 spiro atoms. The molecule has 0 aromatic rings. The molecule has 1 rings (SSSR count). The van der Waals surface area contributed by atoms with Crippen LogP contribution in [-0.4, -0.2) is 42.4 Å². The fourth-order valence-corrected chi connectivity index (χ4v) is 1.27. The van der Waals surface area contributed by atoms with Crippen molar-refractivity contribution in [2.24, 2.45) is 0 Å². The maximum atomic E-state index is 11.3. The van der Waals surface area contributed by atoms with Crippen molar-refractivity contribution in [2.75, 3.05) is 26.2 Å². The Morgan fingerprint density at radius 2 is 2.09 bits per heavy atom. The molecule has 0 aromatic carbocycles. The van der Waals surface area contributed by atoms with Crippen LogP contribution in [0.3, 0.4) is 0 Å². The van der Waals surface area contributed by atoms with Crippen LogP contribution in [0.15, 0.2) is 0 Å². The van der Waals surface area contributed by atoms with Gasteiger partial charge < -0.3 is 10.2 Å². The predicted molar refractivity (Wildman–Crippen MR) is 44.8 cm³/mol. The monoisotopic (exact) mass is 176 g/mol. The average molecular weight is 177 g/mol. The van der Waals surface area contributed by atoms with E-state index in [1.54, 1.807) is 11.8 Å². The molecule has 1 fully saturated rings. The molecule has 0 radical (unpaired) electrons. The van der Waals surface area contributed by atoms with Gasteiger partial charge in [-0.1, -0.05) is 0 Å². The first-order valence-electron chi connectivity index (χ1n) is 3.85. The molecule has 11 heavy (non-hydrogen) atoms. The minimum atomic E-state index is -0.381. The van der Waals surface area contributed by atoms with Crippen LogP contribution in [0.5, 0.6) is 0 Å². The van der Waals surface area contributed by atoms with E-state index in [4.69, 9.17) is 11.6 Å².